The molecule has 0 radical (unpaired) electrons. The second-order valence-electron chi connectivity index (χ2n) is 13.4. The van der Waals surface area contributed by atoms with Crippen LogP contribution in [0.4, 0.5) is 0 Å². The molecule has 236 valence electrons. The van der Waals surface area contributed by atoms with Crippen LogP contribution in [0.1, 0.15) is 44.7 Å². The van der Waals surface area contributed by atoms with Crippen molar-refractivity contribution in [2.24, 2.45) is 17.8 Å². The molecule has 0 amide bonds. The molecule has 5 aliphatic rings. The van der Waals surface area contributed by atoms with Gasteiger partial charge in [0.2, 0.25) is 0 Å². The summed E-state index contributed by atoms with van der Waals surface area (Å²) < 4.78 is 28.4. The molecule has 2 aliphatic heterocycles. The highest BCUT2D eigenvalue weighted by atomic mass is 79.9. The van der Waals surface area contributed by atoms with Gasteiger partial charge in [-0.05, 0) is 72.2 Å². The van der Waals surface area contributed by atoms with Crippen molar-refractivity contribution in [3.05, 3.63) is 104 Å². The minimum atomic E-state index is -1.77. The number of esters is 1. The highest BCUT2D eigenvalue weighted by Crippen LogP contribution is 2.68. The molecule has 3 fully saturated rings. The number of Topliss-reactive ketones (excluding diaryl/α,β-unsaturated/α-hetero) is 1. The maximum absolute atomic E-state index is 13.8. The van der Waals surface area contributed by atoms with Crippen LogP contribution < -0.4 is 0 Å². The van der Waals surface area contributed by atoms with E-state index < -0.39 is 46.7 Å². The first-order valence-corrected chi connectivity index (χ1v) is 16.9. The van der Waals surface area contributed by atoms with E-state index in [1.807, 2.05) is 67.6 Å². The summed E-state index contributed by atoms with van der Waals surface area (Å²) in [5.41, 5.74) is 0.125. The van der Waals surface area contributed by atoms with Gasteiger partial charge < -0.3 is 24.1 Å². The first-order chi connectivity index (χ1) is 21.3. The Kier molecular flexibility index (Phi) is 7.51. The van der Waals surface area contributed by atoms with Gasteiger partial charge >= 0.3 is 5.97 Å². The lowest BCUT2D eigenvalue weighted by Crippen LogP contribution is -2.70. The summed E-state index contributed by atoms with van der Waals surface area (Å²) >= 11 is 6.93. The molecule has 0 aromatic heterocycles. The first-order valence-electron chi connectivity index (χ1n) is 15.3. The van der Waals surface area contributed by atoms with E-state index >= 15 is 0 Å². The summed E-state index contributed by atoms with van der Waals surface area (Å²) in [7, 11) is 0. The molecule has 7 rings (SSSR count). The van der Waals surface area contributed by atoms with Gasteiger partial charge in [-0.3, -0.25) is 9.59 Å². The number of carbonyl (C=O) groups is 2. The zero-order valence-corrected chi connectivity index (χ0v) is 28.7. The third kappa shape index (κ3) is 4.80. The lowest BCUT2D eigenvalue weighted by molar-refractivity contribution is -0.421. The number of fused-ring (bicyclic) bond motifs is 2. The van der Waals surface area contributed by atoms with E-state index in [0.29, 0.717) is 24.0 Å². The maximum Gasteiger partial charge on any atom is 0.310 e. The van der Waals surface area contributed by atoms with Crippen LogP contribution in [0.2, 0.25) is 0 Å². The summed E-state index contributed by atoms with van der Waals surface area (Å²) in [6, 6.07) is 15.5. The molecule has 9 heteroatoms. The molecule has 2 heterocycles. The number of hydrogen-bond acceptors (Lipinski definition) is 7. The highest BCUT2D eigenvalue weighted by Gasteiger charge is 2.79. The Bertz CT molecular complexity index is 1650. The number of halogens is 2. The number of ether oxygens (including phenoxy) is 4. The fraction of sp³-hybridized carbons (Fsp3) is 0.444. The van der Waals surface area contributed by atoms with Gasteiger partial charge in [0, 0.05) is 27.2 Å². The fourth-order valence-corrected chi connectivity index (χ4v) is 9.98. The lowest BCUT2D eigenvalue weighted by atomic mass is 9.55. The Morgan fingerprint density at radius 3 is 2.49 bits per heavy atom. The molecule has 8 atom stereocenters. The summed E-state index contributed by atoms with van der Waals surface area (Å²) in [5, 5.41) is 12.4. The Hall–Kier alpha value is -2.40. The van der Waals surface area contributed by atoms with E-state index in [2.05, 4.69) is 45.4 Å². The van der Waals surface area contributed by atoms with Gasteiger partial charge in [0.15, 0.2) is 5.78 Å². The normalized spacial score (nSPS) is 37.8. The largest absolute Gasteiger partial charge is 0.461 e. The van der Waals surface area contributed by atoms with Crippen molar-refractivity contribution in [1.82, 2.24) is 0 Å². The van der Waals surface area contributed by atoms with Crippen LogP contribution in [0.15, 0.2) is 92.9 Å². The van der Waals surface area contributed by atoms with Crippen molar-refractivity contribution in [3.8, 4) is 0 Å². The molecular weight excluding hydrogens is 704 g/mol. The van der Waals surface area contributed by atoms with E-state index in [4.69, 9.17) is 18.9 Å². The molecule has 1 saturated carbocycles. The van der Waals surface area contributed by atoms with Gasteiger partial charge in [-0.15, -0.1) is 0 Å². The standard InChI is InChI=1S/C36H36Br2O7/c1-20(2)34-16-22(4)36-28(32(34)43-35(44-34,45-36)18-23-8-6-5-7-9-23)13-25(17-33(41)29(36)10-21(3)31(33)40)19-42-30(39)14-24-11-26(37)15-27(38)12-24/h5-13,15,22,28-29,32,41H,1,14,16-19H2,2-4H3/t22-,28+,29-,32?,33-,34+,35?,36?/m1/s1. The van der Waals surface area contributed by atoms with Crippen molar-refractivity contribution >= 4 is 43.6 Å². The lowest BCUT2D eigenvalue weighted by Gasteiger charge is -2.59. The van der Waals surface area contributed by atoms with Gasteiger partial charge in [-0.2, -0.15) is 0 Å². The second kappa shape index (κ2) is 10.8. The number of aliphatic hydroxyl groups is 1. The van der Waals surface area contributed by atoms with Crippen LogP contribution in [-0.2, 0) is 41.4 Å². The van der Waals surface area contributed by atoms with Crippen LogP contribution in [-0.4, -0.2) is 52.3 Å². The number of benzene rings is 2. The monoisotopic (exact) mass is 738 g/mol. The number of ketones is 1. The van der Waals surface area contributed by atoms with Crippen molar-refractivity contribution in [1.29, 1.82) is 0 Å². The average molecular weight is 740 g/mol. The van der Waals surface area contributed by atoms with E-state index in [-0.39, 0.29) is 31.1 Å². The zero-order chi connectivity index (χ0) is 31.9. The molecule has 0 spiro atoms. The van der Waals surface area contributed by atoms with E-state index in [1.165, 1.54) is 0 Å². The fourth-order valence-electron chi connectivity index (χ4n) is 8.59. The molecule has 2 aromatic rings. The Balaban J connectivity index is 1.28. The summed E-state index contributed by atoms with van der Waals surface area (Å²) in [6.45, 7) is 10.1. The molecule has 3 bridgehead atoms. The molecule has 3 unspecified atom stereocenters. The third-order valence-corrected chi connectivity index (χ3v) is 11.3. The second-order valence-corrected chi connectivity index (χ2v) is 15.3. The minimum absolute atomic E-state index is 0.0215. The SMILES string of the molecule is C=C(C)[C@@]12C[C@@H](C)C34OC(Cc5ccccc5)(OC1[C@@H]3C=C(COC(=O)Cc1cc(Br)cc(Br)c1)C[C@]1(O)C(=O)C(C)=C[C@@H]41)O2. The van der Waals surface area contributed by atoms with Crippen LogP contribution in [0.5, 0.6) is 0 Å². The van der Waals surface area contributed by atoms with Gasteiger partial charge in [-0.1, -0.05) is 87.8 Å². The highest BCUT2D eigenvalue weighted by molar-refractivity contribution is 9.11. The van der Waals surface area contributed by atoms with Crippen LogP contribution in [0.3, 0.4) is 0 Å². The molecule has 7 nitrogen and oxygen atoms in total. The molecule has 1 N–H and O–H groups in total. The first kappa shape index (κ1) is 31.2. The number of carbonyl (C=O) groups excluding carboxylic acids is 2. The van der Waals surface area contributed by atoms with Gasteiger partial charge in [-0.25, -0.2) is 0 Å². The van der Waals surface area contributed by atoms with E-state index in [1.54, 1.807) is 6.92 Å². The van der Waals surface area contributed by atoms with Crippen molar-refractivity contribution < 1.29 is 33.6 Å². The third-order valence-electron chi connectivity index (χ3n) is 10.4. The summed E-state index contributed by atoms with van der Waals surface area (Å²) in [5.74, 6) is -3.38. The Morgan fingerprint density at radius 2 is 1.80 bits per heavy atom. The van der Waals surface area contributed by atoms with E-state index in [9.17, 15) is 14.7 Å². The smallest absolute Gasteiger partial charge is 0.310 e. The van der Waals surface area contributed by atoms with Gasteiger partial charge in [0.05, 0.1) is 18.4 Å². The molecule has 45 heavy (non-hydrogen) atoms. The molecule has 3 aliphatic carbocycles. The average Bonchev–Trinajstić information content (AvgIpc) is 3.27. The van der Waals surface area contributed by atoms with Crippen LogP contribution in [0.25, 0.3) is 0 Å². The van der Waals surface area contributed by atoms with Crippen molar-refractivity contribution in [2.75, 3.05) is 6.61 Å². The predicted octanol–water partition coefficient (Wildman–Crippen LogP) is 6.56. The van der Waals surface area contributed by atoms with Crippen molar-refractivity contribution in [2.45, 2.75) is 75.3 Å². The minimum Gasteiger partial charge on any atom is -0.461 e. The predicted molar refractivity (Wildman–Crippen MR) is 174 cm³/mol. The van der Waals surface area contributed by atoms with Crippen LogP contribution in [0, 0.1) is 17.8 Å². The zero-order valence-electron chi connectivity index (χ0n) is 25.5. The Morgan fingerprint density at radius 1 is 1.09 bits per heavy atom. The van der Waals surface area contributed by atoms with Crippen LogP contribution >= 0.6 is 31.9 Å². The summed E-state index contributed by atoms with van der Waals surface area (Å²) in [4.78, 5) is 26.8. The number of hydrogen-bond donors (Lipinski definition) is 1. The molecular formula is C36H36Br2O7. The van der Waals surface area contributed by atoms with E-state index in [0.717, 1.165) is 25.6 Å². The molecule has 2 saturated heterocycles. The Labute approximate surface area is 279 Å². The van der Waals surface area contributed by atoms with Crippen molar-refractivity contribution in [3.63, 3.8) is 0 Å². The summed E-state index contributed by atoms with van der Waals surface area (Å²) in [6.07, 6.45) is 4.42. The maximum atomic E-state index is 13.8. The van der Waals surface area contributed by atoms with Gasteiger partial charge in [0.1, 0.15) is 23.9 Å². The quantitative estimate of drug-likeness (QED) is 0.254. The molecule has 2 aromatic carbocycles. The topological polar surface area (TPSA) is 91.3 Å². The van der Waals surface area contributed by atoms with Gasteiger partial charge in [0.25, 0.3) is 5.97 Å². The number of rotatable bonds is 7.